The number of aromatic nitrogens is 2. The van der Waals surface area contributed by atoms with Gasteiger partial charge in [-0.25, -0.2) is 0 Å². The van der Waals surface area contributed by atoms with Crippen molar-refractivity contribution >= 4 is 28.9 Å². The number of fused-ring (bicyclic) bond motifs is 1. The number of para-hydroxylation sites is 1. The van der Waals surface area contributed by atoms with Gasteiger partial charge in [0.15, 0.2) is 5.75 Å². The molecule has 0 saturated carbocycles. The Morgan fingerprint density at radius 1 is 1.27 bits per heavy atom. The molecule has 4 heterocycles. The Kier molecular flexibility index (Phi) is 5.64. The highest BCUT2D eigenvalue weighted by atomic mass is 35.5. The Morgan fingerprint density at radius 3 is 2.88 bits per heavy atom. The predicted octanol–water partition coefficient (Wildman–Crippen LogP) is 3.90. The highest BCUT2D eigenvalue weighted by molar-refractivity contribution is 6.32. The monoisotopic (exact) mass is 467 g/mol. The van der Waals surface area contributed by atoms with E-state index in [1.807, 2.05) is 18.2 Å². The van der Waals surface area contributed by atoms with Crippen molar-refractivity contribution in [1.82, 2.24) is 20.6 Å². The van der Waals surface area contributed by atoms with E-state index in [1.165, 1.54) is 0 Å². The molecule has 1 aromatic carbocycles. The molecule has 4 N–H and O–H groups in total. The van der Waals surface area contributed by atoms with E-state index in [0.29, 0.717) is 53.0 Å². The smallest absolute Gasteiger partial charge is 0.255 e. The summed E-state index contributed by atoms with van der Waals surface area (Å²) in [4.78, 5) is 20.6. The second-order valence-corrected chi connectivity index (χ2v) is 8.99. The van der Waals surface area contributed by atoms with Crippen LogP contribution in [0.25, 0.3) is 11.3 Å². The Morgan fingerprint density at radius 2 is 2.12 bits per heavy atom. The van der Waals surface area contributed by atoms with Crippen LogP contribution in [0.15, 0.2) is 36.7 Å². The van der Waals surface area contributed by atoms with E-state index in [-0.39, 0.29) is 11.4 Å². The molecule has 3 aromatic rings. The first-order valence-corrected chi connectivity index (χ1v) is 11.3. The number of hydrogen-bond acceptors (Lipinski definition) is 6. The van der Waals surface area contributed by atoms with Crippen molar-refractivity contribution in [3.8, 4) is 22.8 Å². The Balaban J connectivity index is 1.59. The number of carbonyl (C=O) groups excluding carboxylic acids is 1. The van der Waals surface area contributed by atoms with Gasteiger partial charge in [-0.1, -0.05) is 17.7 Å². The maximum Gasteiger partial charge on any atom is 0.255 e. The van der Waals surface area contributed by atoms with Crippen molar-refractivity contribution in [3.63, 3.8) is 0 Å². The zero-order valence-electron chi connectivity index (χ0n) is 18.5. The minimum Gasteiger partial charge on any atom is -0.493 e. The summed E-state index contributed by atoms with van der Waals surface area (Å²) >= 11 is 6.34. The van der Waals surface area contributed by atoms with Gasteiger partial charge in [-0.2, -0.15) is 0 Å². The van der Waals surface area contributed by atoms with Crippen LogP contribution in [-0.4, -0.2) is 48.2 Å². The van der Waals surface area contributed by atoms with Crippen LogP contribution < -0.4 is 25.4 Å². The van der Waals surface area contributed by atoms with Crippen LogP contribution in [0.3, 0.4) is 0 Å². The fourth-order valence-electron chi connectivity index (χ4n) is 4.27. The van der Waals surface area contributed by atoms with Gasteiger partial charge in [-0.3, -0.25) is 9.78 Å². The summed E-state index contributed by atoms with van der Waals surface area (Å²) in [5.74, 6) is 1.02. The second-order valence-electron chi connectivity index (χ2n) is 8.58. The molecule has 1 atom stereocenters. The van der Waals surface area contributed by atoms with E-state index in [2.05, 4.69) is 32.8 Å². The molecule has 1 fully saturated rings. The van der Waals surface area contributed by atoms with Crippen LogP contribution in [0, 0.1) is 0 Å². The van der Waals surface area contributed by atoms with Crippen LogP contribution >= 0.6 is 11.6 Å². The zero-order valence-corrected chi connectivity index (χ0v) is 19.3. The number of nitrogens with one attached hydrogen (secondary N) is 4. The van der Waals surface area contributed by atoms with E-state index in [9.17, 15) is 4.79 Å². The highest BCUT2D eigenvalue weighted by Gasteiger charge is 2.33. The first kappa shape index (κ1) is 21.6. The molecule has 0 radical (unpaired) electrons. The number of H-pyrrole nitrogens is 1. The average Bonchev–Trinajstić information content (AvgIpc) is 3.16. The third-order valence-electron chi connectivity index (χ3n) is 6.22. The lowest BCUT2D eigenvalue weighted by Crippen LogP contribution is -2.58. The number of amides is 1. The summed E-state index contributed by atoms with van der Waals surface area (Å²) in [6.45, 7) is 4.24. The molecule has 1 amide bonds. The van der Waals surface area contributed by atoms with Gasteiger partial charge in [0.2, 0.25) is 0 Å². The Bertz CT molecular complexity index is 1200. The van der Waals surface area contributed by atoms with Crippen molar-refractivity contribution in [3.05, 3.63) is 52.9 Å². The number of anilines is 2. The van der Waals surface area contributed by atoms with Gasteiger partial charge in [0.1, 0.15) is 12.4 Å². The Labute approximate surface area is 197 Å². The summed E-state index contributed by atoms with van der Waals surface area (Å²) in [6, 6.07) is 7.35. The molecule has 0 bridgehead atoms. The van der Waals surface area contributed by atoms with Gasteiger partial charge < -0.3 is 30.4 Å². The summed E-state index contributed by atoms with van der Waals surface area (Å²) in [6.07, 6.45) is 5.18. The minimum atomic E-state index is -0.134. The van der Waals surface area contributed by atoms with E-state index < -0.39 is 0 Å². The highest BCUT2D eigenvalue weighted by Crippen LogP contribution is 2.43. The second kappa shape index (κ2) is 8.61. The molecular weight excluding hydrogens is 442 g/mol. The van der Waals surface area contributed by atoms with E-state index >= 15 is 0 Å². The third kappa shape index (κ3) is 4.00. The summed E-state index contributed by atoms with van der Waals surface area (Å²) in [5, 5.41) is 10.2. The van der Waals surface area contributed by atoms with Crippen LogP contribution in [-0.2, 0) is 6.42 Å². The van der Waals surface area contributed by atoms with Gasteiger partial charge in [0.05, 0.1) is 46.5 Å². The minimum absolute atomic E-state index is 0.0444. The van der Waals surface area contributed by atoms with Crippen molar-refractivity contribution in [2.45, 2.75) is 25.3 Å². The maximum absolute atomic E-state index is 12.9. The average molecular weight is 468 g/mol. The van der Waals surface area contributed by atoms with Crippen molar-refractivity contribution in [2.24, 2.45) is 0 Å². The fourth-order valence-corrected chi connectivity index (χ4v) is 4.52. The van der Waals surface area contributed by atoms with Crippen LogP contribution in [0.1, 0.15) is 29.4 Å². The molecule has 5 rings (SSSR count). The molecule has 0 spiro atoms. The first-order chi connectivity index (χ1) is 16.0. The molecule has 0 unspecified atom stereocenters. The molecule has 2 aromatic heterocycles. The number of benzene rings is 1. The number of pyridine rings is 1. The maximum atomic E-state index is 12.9. The number of nitrogens with zero attached hydrogens (tertiary/aromatic N) is 1. The quantitative estimate of drug-likeness (QED) is 0.420. The molecule has 172 valence electrons. The standard InChI is InChI=1S/C24H26ClN5O3/c1-24(8-11-28-24)13-33-18-12-26-9-6-14(18)20-21(19-16(29-20)7-10-27-23(19)31)30-17-5-3-4-15(25)22(17)32-2/h3-6,9,12,28-30H,7-8,10-11,13H2,1-2H3,(H,27,31)/t24-/m1/s1. The van der Waals surface area contributed by atoms with Gasteiger partial charge in [-0.15, -0.1) is 0 Å². The van der Waals surface area contributed by atoms with E-state index in [4.69, 9.17) is 21.1 Å². The largest absolute Gasteiger partial charge is 0.493 e. The number of aromatic amines is 1. The Hall–Kier alpha value is -3.23. The van der Waals surface area contributed by atoms with Crippen LogP contribution in [0.2, 0.25) is 5.02 Å². The van der Waals surface area contributed by atoms with Crippen molar-refractivity contribution in [1.29, 1.82) is 0 Å². The van der Waals surface area contributed by atoms with E-state index in [0.717, 1.165) is 29.9 Å². The summed E-state index contributed by atoms with van der Waals surface area (Å²) in [7, 11) is 1.57. The molecule has 1 saturated heterocycles. The lowest BCUT2D eigenvalue weighted by molar-refractivity contribution is 0.0947. The van der Waals surface area contributed by atoms with E-state index in [1.54, 1.807) is 25.6 Å². The topological polar surface area (TPSA) is 100 Å². The lowest BCUT2D eigenvalue weighted by Gasteiger charge is -2.39. The molecule has 0 aliphatic carbocycles. The van der Waals surface area contributed by atoms with Crippen LogP contribution in [0.5, 0.6) is 11.5 Å². The predicted molar refractivity (Wildman–Crippen MR) is 128 cm³/mol. The van der Waals surface area contributed by atoms with Gasteiger partial charge >= 0.3 is 0 Å². The van der Waals surface area contributed by atoms with Crippen molar-refractivity contribution in [2.75, 3.05) is 32.1 Å². The van der Waals surface area contributed by atoms with Crippen LogP contribution in [0.4, 0.5) is 11.4 Å². The zero-order chi connectivity index (χ0) is 23.0. The molecule has 33 heavy (non-hydrogen) atoms. The SMILES string of the molecule is COc1c(Cl)cccc1Nc1c(-c2ccncc2OC[C@@]2(C)CCN2)[nH]c2c1C(=O)NCC2. The molecule has 2 aliphatic heterocycles. The fraction of sp³-hybridized carbons (Fsp3) is 0.333. The molecule has 2 aliphatic rings. The number of rotatable bonds is 7. The van der Waals surface area contributed by atoms with Crippen molar-refractivity contribution < 1.29 is 14.3 Å². The third-order valence-corrected chi connectivity index (χ3v) is 6.52. The lowest BCUT2D eigenvalue weighted by atomic mass is 9.91. The normalized spacial score (nSPS) is 19.3. The summed E-state index contributed by atoms with van der Waals surface area (Å²) < 4.78 is 11.7. The number of hydrogen-bond donors (Lipinski definition) is 4. The summed E-state index contributed by atoms with van der Waals surface area (Å²) in [5.41, 5.74) is 4.28. The number of ether oxygens (including phenoxy) is 2. The molecular formula is C24H26ClN5O3. The number of methoxy groups -OCH3 is 1. The molecule has 8 nitrogen and oxygen atoms in total. The van der Waals surface area contributed by atoms with Gasteiger partial charge in [0, 0.05) is 30.4 Å². The number of halogens is 1. The van der Waals surface area contributed by atoms with Gasteiger partial charge in [-0.05, 0) is 38.1 Å². The number of carbonyl (C=O) groups is 1. The van der Waals surface area contributed by atoms with Gasteiger partial charge in [0.25, 0.3) is 5.91 Å². The molecule has 9 heteroatoms. The first-order valence-electron chi connectivity index (χ1n) is 10.9.